The number of hydrogen-bond donors (Lipinski definition) is 1. The number of amides is 1. The fourth-order valence-electron chi connectivity index (χ4n) is 2.82. The van der Waals surface area contributed by atoms with Crippen LogP contribution in [0.5, 0.6) is 0 Å². The summed E-state index contributed by atoms with van der Waals surface area (Å²) in [6.45, 7) is 1.61. The van der Waals surface area contributed by atoms with Crippen molar-refractivity contribution < 1.29 is 27.9 Å². The number of carboxylic acid groups (broad SMARTS) is 1. The summed E-state index contributed by atoms with van der Waals surface area (Å²) in [7, 11) is -3.72. The van der Waals surface area contributed by atoms with Crippen molar-refractivity contribution in [2.45, 2.75) is 23.2 Å². The largest absolute Gasteiger partial charge is 0.478 e. The average Bonchev–Trinajstić information content (AvgIpc) is 3.26. The van der Waals surface area contributed by atoms with Crippen LogP contribution in [0.1, 0.15) is 23.2 Å². The van der Waals surface area contributed by atoms with Crippen LogP contribution < -0.4 is 0 Å². The minimum atomic E-state index is -3.72. The lowest BCUT2D eigenvalue weighted by Gasteiger charge is -2.34. The molecule has 1 atom stereocenters. The third kappa shape index (κ3) is 3.32. The van der Waals surface area contributed by atoms with Gasteiger partial charge in [0.05, 0.1) is 5.56 Å². The maximum absolute atomic E-state index is 12.6. The number of rotatable bonds is 4. The average molecular weight is 374 g/mol. The highest BCUT2D eigenvalue weighted by Crippen LogP contribution is 2.25. The monoisotopic (exact) mass is 374 g/mol. The maximum atomic E-state index is 12.6. The van der Waals surface area contributed by atoms with Crippen LogP contribution in [0.4, 0.5) is 0 Å². The minimum absolute atomic E-state index is 0.0128. The summed E-state index contributed by atoms with van der Waals surface area (Å²) in [4.78, 5) is 24.8. The van der Waals surface area contributed by atoms with Crippen LogP contribution in [0.2, 0.25) is 0 Å². The van der Waals surface area contributed by atoms with Gasteiger partial charge in [-0.2, -0.15) is 4.31 Å². The van der Waals surface area contributed by atoms with E-state index >= 15 is 0 Å². The molecule has 2 aliphatic rings. The van der Waals surface area contributed by atoms with E-state index in [1.54, 1.807) is 4.90 Å². The molecule has 1 N–H and O–H groups in total. The summed E-state index contributed by atoms with van der Waals surface area (Å²) < 4.78 is 31.8. The molecule has 1 aromatic rings. The van der Waals surface area contributed by atoms with Gasteiger partial charge in [-0.05, 0) is 18.9 Å². The predicted molar refractivity (Wildman–Crippen MR) is 85.6 cm³/mol. The van der Waals surface area contributed by atoms with Gasteiger partial charge in [0.15, 0.2) is 0 Å². The number of carboxylic acids is 1. The first kappa shape index (κ1) is 17.3. The summed E-state index contributed by atoms with van der Waals surface area (Å²) in [6, 6.07) is 1.17. The third-order valence-electron chi connectivity index (χ3n) is 4.17. The van der Waals surface area contributed by atoms with Gasteiger partial charge in [-0.25, -0.2) is 13.2 Å². The van der Waals surface area contributed by atoms with Gasteiger partial charge in [-0.1, -0.05) is 0 Å². The Morgan fingerprint density at radius 1 is 1.25 bits per heavy atom. The zero-order valence-electron chi connectivity index (χ0n) is 12.9. The lowest BCUT2D eigenvalue weighted by atomic mass is 10.2. The number of aromatic carboxylic acids is 1. The van der Waals surface area contributed by atoms with Gasteiger partial charge in [0.25, 0.3) is 15.9 Å². The second-order valence-corrected chi connectivity index (χ2v) is 8.77. The Bertz CT molecular complexity index is 730. The smallest absolute Gasteiger partial charge is 0.336 e. The number of sulfonamides is 1. The summed E-state index contributed by atoms with van der Waals surface area (Å²) in [6.07, 6.45) is 1.18. The van der Waals surface area contributed by atoms with Crippen LogP contribution in [0.15, 0.2) is 15.7 Å². The van der Waals surface area contributed by atoms with Crippen LogP contribution in [0, 0.1) is 0 Å². The lowest BCUT2D eigenvalue weighted by Crippen LogP contribution is -2.52. The molecule has 1 aromatic heterocycles. The van der Waals surface area contributed by atoms with Crippen LogP contribution >= 0.6 is 11.3 Å². The molecule has 10 heteroatoms. The Morgan fingerprint density at radius 3 is 2.50 bits per heavy atom. The molecule has 0 radical (unpaired) electrons. The normalized spacial score (nSPS) is 22.7. The Kier molecular flexibility index (Phi) is 4.90. The van der Waals surface area contributed by atoms with Gasteiger partial charge < -0.3 is 14.7 Å². The van der Waals surface area contributed by atoms with E-state index in [0.717, 1.165) is 17.8 Å². The zero-order valence-corrected chi connectivity index (χ0v) is 14.5. The Balaban J connectivity index is 1.64. The van der Waals surface area contributed by atoms with Crippen LogP contribution in [-0.4, -0.2) is 73.5 Å². The molecule has 0 unspecified atom stereocenters. The van der Waals surface area contributed by atoms with E-state index in [9.17, 15) is 18.0 Å². The minimum Gasteiger partial charge on any atom is -0.478 e. The maximum Gasteiger partial charge on any atom is 0.336 e. The number of carbonyl (C=O) groups is 2. The second-order valence-electron chi connectivity index (χ2n) is 5.69. The molecule has 2 saturated heterocycles. The van der Waals surface area contributed by atoms with E-state index in [0.29, 0.717) is 26.1 Å². The van der Waals surface area contributed by atoms with Crippen LogP contribution in [-0.2, 0) is 19.6 Å². The second kappa shape index (κ2) is 6.79. The van der Waals surface area contributed by atoms with Gasteiger partial charge in [-0.15, -0.1) is 11.3 Å². The fraction of sp³-hybridized carbons (Fsp3) is 0.571. The first-order valence-corrected chi connectivity index (χ1v) is 9.94. The standard InChI is InChI=1S/C14H18N2O6S2/c17-13(11-2-1-7-22-11)15-3-5-16(6-4-15)24(20,21)12-8-10(9-23-12)14(18)19/h8-9,11H,1-7H2,(H,18,19)/t11-/m0/s1. The Labute approximate surface area is 143 Å². The van der Waals surface area contributed by atoms with Gasteiger partial charge in [-0.3, -0.25) is 4.79 Å². The summed E-state index contributed by atoms with van der Waals surface area (Å²) in [5, 5.41) is 10.2. The molecule has 0 spiro atoms. The number of nitrogens with zero attached hydrogens (tertiary/aromatic N) is 2. The number of ether oxygens (including phenoxy) is 1. The highest BCUT2D eigenvalue weighted by molar-refractivity contribution is 7.91. The molecule has 0 aliphatic carbocycles. The number of thiophene rings is 1. The molecule has 24 heavy (non-hydrogen) atoms. The van der Waals surface area contributed by atoms with E-state index < -0.39 is 22.1 Å². The van der Waals surface area contributed by atoms with Gasteiger partial charge in [0, 0.05) is 38.2 Å². The zero-order chi connectivity index (χ0) is 17.3. The van der Waals surface area contributed by atoms with E-state index in [4.69, 9.17) is 9.84 Å². The lowest BCUT2D eigenvalue weighted by molar-refractivity contribution is -0.142. The molecule has 1 amide bonds. The molecule has 0 aromatic carbocycles. The van der Waals surface area contributed by atoms with Crippen molar-refractivity contribution in [3.05, 3.63) is 17.0 Å². The highest BCUT2D eigenvalue weighted by atomic mass is 32.2. The van der Waals surface area contributed by atoms with Crippen molar-refractivity contribution in [2.75, 3.05) is 32.8 Å². The molecule has 2 aliphatic heterocycles. The molecule has 3 rings (SSSR count). The van der Waals surface area contributed by atoms with E-state index in [2.05, 4.69) is 0 Å². The van der Waals surface area contributed by atoms with Crippen LogP contribution in [0.25, 0.3) is 0 Å². The first-order valence-electron chi connectivity index (χ1n) is 7.62. The van der Waals surface area contributed by atoms with Crippen LogP contribution in [0.3, 0.4) is 0 Å². The van der Waals surface area contributed by atoms with Crippen molar-refractivity contribution in [2.24, 2.45) is 0 Å². The molecular formula is C14H18N2O6S2. The Hall–Kier alpha value is -1.49. The van der Waals surface area contributed by atoms with Gasteiger partial charge in [0.2, 0.25) is 0 Å². The molecule has 8 nitrogen and oxygen atoms in total. The third-order valence-corrected chi connectivity index (χ3v) is 7.49. The SMILES string of the molecule is O=C(O)c1csc(S(=O)(=O)N2CCN(C(=O)[C@@H]3CCCO3)CC2)c1. The Morgan fingerprint density at radius 2 is 1.96 bits per heavy atom. The highest BCUT2D eigenvalue weighted by Gasteiger charge is 2.34. The summed E-state index contributed by atoms with van der Waals surface area (Å²) >= 11 is 0.895. The topological polar surface area (TPSA) is 104 Å². The van der Waals surface area contributed by atoms with Crippen molar-refractivity contribution in [3.63, 3.8) is 0 Å². The molecule has 2 fully saturated rings. The summed E-state index contributed by atoms with van der Waals surface area (Å²) in [5.41, 5.74) is -0.0363. The van der Waals surface area contributed by atoms with E-state index in [1.165, 1.54) is 15.8 Å². The molecule has 0 bridgehead atoms. The fourth-order valence-corrected chi connectivity index (χ4v) is 5.54. The van der Waals surface area contributed by atoms with Crippen molar-refractivity contribution in [3.8, 4) is 0 Å². The van der Waals surface area contributed by atoms with Gasteiger partial charge in [0.1, 0.15) is 10.3 Å². The van der Waals surface area contributed by atoms with E-state index in [-0.39, 0.29) is 28.8 Å². The molecule has 0 saturated carbocycles. The quantitative estimate of drug-likeness (QED) is 0.821. The summed E-state index contributed by atoms with van der Waals surface area (Å²) in [5.74, 6) is -1.23. The van der Waals surface area contributed by atoms with Crippen molar-refractivity contribution in [1.29, 1.82) is 0 Å². The number of carbonyl (C=O) groups excluding carboxylic acids is 1. The number of hydrogen-bond acceptors (Lipinski definition) is 6. The molecule has 132 valence electrons. The van der Waals surface area contributed by atoms with Crippen molar-refractivity contribution >= 4 is 33.2 Å². The van der Waals surface area contributed by atoms with Gasteiger partial charge >= 0.3 is 5.97 Å². The predicted octanol–water partition coefficient (Wildman–Crippen LogP) is 0.458. The molecule has 3 heterocycles. The van der Waals surface area contributed by atoms with Crippen molar-refractivity contribution in [1.82, 2.24) is 9.21 Å². The molecular weight excluding hydrogens is 356 g/mol. The first-order chi connectivity index (χ1) is 11.4. The number of piperazine rings is 1. The van der Waals surface area contributed by atoms with E-state index in [1.807, 2.05) is 0 Å².